The number of rotatable bonds is 8. The summed E-state index contributed by atoms with van der Waals surface area (Å²) < 4.78 is 108. The van der Waals surface area contributed by atoms with Crippen molar-refractivity contribution >= 4 is 35.0 Å². The summed E-state index contributed by atoms with van der Waals surface area (Å²) in [6, 6.07) is 2.34. The predicted octanol–water partition coefficient (Wildman–Crippen LogP) is 4.62. The molecular formula is C24H21ClF8N4O4. The van der Waals surface area contributed by atoms with Gasteiger partial charge in [-0.15, -0.1) is 13.2 Å². The van der Waals surface area contributed by atoms with Gasteiger partial charge in [0.05, 0.1) is 6.20 Å². The first-order chi connectivity index (χ1) is 18.9. The molecule has 41 heavy (non-hydrogen) atoms. The minimum Gasteiger partial charge on any atom is -0.406 e. The molecule has 2 aromatic rings. The summed E-state index contributed by atoms with van der Waals surface area (Å²) in [5, 5.41) is 4.32. The Morgan fingerprint density at radius 3 is 2.05 bits per heavy atom. The molecule has 1 aliphatic rings. The van der Waals surface area contributed by atoms with Crippen molar-refractivity contribution in [2.75, 3.05) is 4.90 Å². The number of amides is 3. The third-order valence-electron chi connectivity index (χ3n) is 6.25. The zero-order valence-electron chi connectivity index (χ0n) is 20.8. The molecule has 1 aliphatic carbocycles. The minimum atomic E-state index is -5.13. The molecule has 3 amide bonds. The van der Waals surface area contributed by atoms with E-state index < -0.39 is 65.1 Å². The number of hydrogen-bond donors (Lipinski definition) is 2. The van der Waals surface area contributed by atoms with Gasteiger partial charge in [-0.2, -0.15) is 13.2 Å². The molecule has 1 aromatic heterocycles. The molecule has 3 rings (SSSR count). The van der Waals surface area contributed by atoms with Gasteiger partial charge < -0.3 is 15.4 Å². The van der Waals surface area contributed by atoms with Crippen molar-refractivity contribution in [2.24, 2.45) is 0 Å². The third-order valence-corrected chi connectivity index (χ3v) is 6.44. The van der Waals surface area contributed by atoms with Crippen LogP contribution >= 0.6 is 11.6 Å². The Kier molecular flexibility index (Phi) is 9.35. The van der Waals surface area contributed by atoms with Crippen molar-refractivity contribution in [1.82, 2.24) is 15.6 Å². The molecule has 2 N–H and O–H groups in total. The predicted molar refractivity (Wildman–Crippen MR) is 127 cm³/mol. The molecule has 17 heteroatoms. The highest BCUT2D eigenvalue weighted by Crippen LogP contribution is 2.37. The van der Waals surface area contributed by atoms with Crippen molar-refractivity contribution in [3.05, 3.63) is 54.1 Å². The van der Waals surface area contributed by atoms with Gasteiger partial charge in [0, 0.05) is 29.5 Å². The standard InChI is InChI=1S/C24H21ClF8N4O4/c1-22(12-8-13(26)11-34-10-12,20(39)35-14-2-3-15(9-14)36-21(40)23(28,29)30)37(19(38)18(25)27)16-4-6-17(7-5-16)41-24(31,32)33/h4-8,10-11,14-15,18H,2-3,9H2,1H3,(H,35,39)(H,36,40)/t14-,15+,18+,22+/m1/s1. The van der Waals surface area contributed by atoms with Gasteiger partial charge in [-0.3, -0.25) is 24.3 Å². The number of carbonyl (C=O) groups is 3. The lowest BCUT2D eigenvalue weighted by atomic mass is 9.88. The van der Waals surface area contributed by atoms with Gasteiger partial charge in [0.2, 0.25) is 0 Å². The first-order valence-electron chi connectivity index (χ1n) is 11.7. The number of alkyl halides is 8. The van der Waals surface area contributed by atoms with Crippen LogP contribution in [0.5, 0.6) is 5.75 Å². The van der Waals surface area contributed by atoms with Crippen LogP contribution in [0, 0.1) is 5.82 Å². The molecule has 0 unspecified atom stereocenters. The maximum absolute atomic E-state index is 14.2. The van der Waals surface area contributed by atoms with E-state index in [0.717, 1.165) is 49.6 Å². The van der Waals surface area contributed by atoms with Gasteiger partial charge >= 0.3 is 18.4 Å². The molecule has 1 heterocycles. The molecule has 0 aliphatic heterocycles. The zero-order valence-corrected chi connectivity index (χ0v) is 21.6. The summed E-state index contributed by atoms with van der Waals surface area (Å²) in [5.41, 5.74) is -5.79. The molecule has 1 aromatic carbocycles. The Hall–Kier alpha value is -3.69. The van der Waals surface area contributed by atoms with Crippen molar-refractivity contribution in [3.8, 4) is 5.75 Å². The summed E-state index contributed by atoms with van der Waals surface area (Å²) in [5.74, 6) is -6.50. The van der Waals surface area contributed by atoms with Crippen LogP contribution in [0.25, 0.3) is 0 Å². The Morgan fingerprint density at radius 1 is 1.00 bits per heavy atom. The summed E-state index contributed by atoms with van der Waals surface area (Å²) >= 11 is 5.41. The summed E-state index contributed by atoms with van der Waals surface area (Å²) in [6.45, 7) is 1.06. The van der Waals surface area contributed by atoms with Gasteiger partial charge in [-0.25, -0.2) is 8.78 Å². The van der Waals surface area contributed by atoms with Crippen LogP contribution in [0.1, 0.15) is 31.7 Å². The maximum atomic E-state index is 14.2. The molecule has 1 fully saturated rings. The summed E-state index contributed by atoms with van der Waals surface area (Å²) in [4.78, 5) is 42.2. The quantitative estimate of drug-likeness (QED) is 0.333. The molecule has 4 atom stereocenters. The van der Waals surface area contributed by atoms with Crippen LogP contribution in [0.3, 0.4) is 0 Å². The smallest absolute Gasteiger partial charge is 0.406 e. The highest BCUT2D eigenvalue weighted by Gasteiger charge is 2.48. The lowest BCUT2D eigenvalue weighted by Gasteiger charge is -2.41. The number of ether oxygens (including phenoxy) is 1. The summed E-state index contributed by atoms with van der Waals surface area (Å²) in [6.07, 6.45) is -8.46. The highest BCUT2D eigenvalue weighted by molar-refractivity contribution is 6.32. The maximum Gasteiger partial charge on any atom is 0.573 e. The lowest BCUT2D eigenvalue weighted by molar-refractivity contribution is -0.274. The van der Waals surface area contributed by atoms with Crippen LogP contribution < -0.4 is 20.3 Å². The molecule has 0 bridgehead atoms. The number of hydrogen-bond acceptors (Lipinski definition) is 5. The average molecular weight is 617 g/mol. The van der Waals surface area contributed by atoms with Crippen molar-refractivity contribution in [3.63, 3.8) is 0 Å². The molecule has 1 saturated carbocycles. The normalized spacial score (nSPS) is 19.6. The number of aromatic nitrogens is 1. The second-order valence-electron chi connectivity index (χ2n) is 9.13. The second-order valence-corrected chi connectivity index (χ2v) is 9.51. The highest BCUT2D eigenvalue weighted by atomic mass is 35.5. The monoisotopic (exact) mass is 616 g/mol. The van der Waals surface area contributed by atoms with E-state index in [2.05, 4.69) is 15.0 Å². The van der Waals surface area contributed by atoms with E-state index in [0.29, 0.717) is 4.90 Å². The SMILES string of the molecule is C[C@@](C(=O)N[C@@H]1CC[C@H](NC(=O)C(F)(F)F)C1)(c1cncc(F)c1)N(C(=O)[C@H](F)Cl)c1ccc(OC(F)(F)F)cc1. The van der Waals surface area contributed by atoms with Gasteiger partial charge in [0.1, 0.15) is 11.6 Å². The number of nitrogens with zero attached hydrogens (tertiary/aromatic N) is 2. The first-order valence-corrected chi connectivity index (χ1v) is 12.1. The number of carbonyl (C=O) groups excluding carboxylic acids is 3. The number of halogens is 9. The Morgan fingerprint density at radius 2 is 1.56 bits per heavy atom. The van der Waals surface area contributed by atoms with Crippen molar-refractivity contribution in [1.29, 1.82) is 0 Å². The third kappa shape index (κ3) is 7.74. The fourth-order valence-corrected chi connectivity index (χ4v) is 4.47. The van der Waals surface area contributed by atoms with E-state index in [1.54, 1.807) is 5.32 Å². The van der Waals surface area contributed by atoms with Crippen molar-refractivity contribution < 1.29 is 54.2 Å². The zero-order chi connectivity index (χ0) is 30.8. The molecule has 224 valence electrons. The number of nitrogens with one attached hydrogen (secondary N) is 2. The Bertz CT molecular complexity index is 1280. The number of anilines is 1. The van der Waals surface area contributed by atoms with E-state index in [9.17, 15) is 49.5 Å². The largest absolute Gasteiger partial charge is 0.573 e. The Labute approximate surface area is 232 Å². The Balaban J connectivity index is 2.00. The van der Waals surface area contributed by atoms with Crippen LogP contribution in [-0.4, -0.2) is 53.0 Å². The van der Waals surface area contributed by atoms with E-state index in [4.69, 9.17) is 11.6 Å². The first kappa shape index (κ1) is 31.8. The summed E-state index contributed by atoms with van der Waals surface area (Å²) in [7, 11) is 0. The second kappa shape index (κ2) is 12.0. The van der Waals surface area contributed by atoms with Gasteiger partial charge in [-0.05, 0) is 56.5 Å². The van der Waals surface area contributed by atoms with E-state index in [1.807, 2.05) is 0 Å². The number of pyridine rings is 1. The van der Waals surface area contributed by atoms with Crippen LogP contribution in [-0.2, 0) is 19.9 Å². The van der Waals surface area contributed by atoms with Crippen LogP contribution in [0.15, 0.2) is 42.7 Å². The molecular weight excluding hydrogens is 596 g/mol. The van der Waals surface area contributed by atoms with E-state index in [1.165, 1.54) is 0 Å². The molecule has 0 radical (unpaired) electrons. The van der Waals surface area contributed by atoms with Crippen LogP contribution in [0.2, 0.25) is 0 Å². The van der Waals surface area contributed by atoms with E-state index in [-0.39, 0.29) is 30.5 Å². The van der Waals surface area contributed by atoms with Gasteiger partial charge in [-0.1, -0.05) is 11.6 Å². The fraction of sp³-hybridized carbons (Fsp3) is 0.417. The fourth-order valence-electron chi connectivity index (χ4n) is 4.38. The van der Waals surface area contributed by atoms with E-state index >= 15 is 0 Å². The van der Waals surface area contributed by atoms with Gasteiger partial charge in [0.15, 0.2) is 5.54 Å². The van der Waals surface area contributed by atoms with Gasteiger partial charge in [0.25, 0.3) is 17.4 Å². The van der Waals surface area contributed by atoms with Crippen molar-refractivity contribution in [2.45, 2.75) is 62.0 Å². The molecule has 0 spiro atoms. The number of benzene rings is 1. The minimum absolute atomic E-state index is 0.0442. The lowest BCUT2D eigenvalue weighted by Crippen LogP contribution is -2.59. The molecule has 0 saturated heterocycles. The molecule has 8 nitrogen and oxygen atoms in total. The topological polar surface area (TPSA) is 101 Å². The average Bonchev–Trinajstić information content (AvgIpc) is 3.29. The van der Waals surface area contributed by atoms with Crippen LogP contribution in [0.4, 0.5) is 40.8 Å².